The van der Waals surface area contributed by atoms with E-state index in [2.05, 4.69) is 38.9 Å². The average Bonchev–Trinajstić information content (AvgIpc) is 2.74. The van der Waals surface area contributed by atoms with Gasteiger partial charge in [0.05, 0.1) is 4.75 Å². The molecule has 12 heavy (non-hydrogen) atoms. The first-order valence-corrected chi connectivity index (χ1v) is 5.65. The van der Waals surface area contributed by atoms with Crippen molar-refractivity contribution >= 4 is 33.6 Å². The lowest BCUT2D eigenvalue weighted by atomic mass is 10.1. The smallest absolute Gasteiger partial charge is 0.0628 e. The van der Waals surface area contributed by atoms with E-state index in [0.29, 0.717) is 4.75 Å². The highest BCUT2D eigenvalue weighted by Crippen LogP contribution is 2.63. The highest BCUT2D eigenvalue weighted by molar-refractivity contribution is 9.10. The van der Waals surface area contributed by atoms with Gasteiger partial charge in [0, 0.05) is 10.2 Å². The van der Waals surface area contributed by atoms with Crippen LogP contribution in [0, 0.1) is 0 Å². The fourth-order valence-electron chi connectivity index (χ4n) is 1.67. The van der Waals surface area contributed by atoms with Gasteiger partial charge in [0.15, 0.2) is 0 Å². The van der Waals surface area contributed by atoms with Gasteiger partial charge in [-0.1, -0.05) is 15.9 Å². The summed E-state index contributed by atoms with van der Waals surface area (Å²) in [5.74, 6) is 0. The normalized spacial score (nSPS) is 22.1. The quantitative estimate of drug-likeness (QED) is 0.698. The Labute approximate surface area is 84.2 Å². The van der Waals surface area contributed by atoms with E-state index in [-0.39, 0.29) is 0 Å². The molecule has 62 valence electrons. The molecule has 3 heteroatoms. The van der Waals surface area contributed by atoms with Crippen molar-refractivity contribution in [1.29, 1.82) is 0 Å². The van der Waals surface area contributed by atoms with E-state index in [0.717, 1.165) is 0 Å². The third-order valence-corrected chi connectivity index (χ3v) is 4.37. The summed E-state index contributed by atoms with van der Waals surface area (Å²) in [6, 6.07) is 6.49. The van der Waals surface area contributed by atoms with Crippen LogP contribution in [0.25, 0.3) is 0 Å². The molecule has 1 spiro atoms. The van der Waals surface area contributed by atoms with E-state index in [1.807, 2.05) is 11.9 Å². The molecule has 1 aromatic carbocycles. The number of hydrogen-bond acceptors (Lipinski definition) is 2. The molecule has 2 aliphatic rings. The molecule has 1 N–H and O–H groups in total. The third-order valence-electron chi connectivity index (χ3n) is 2.53. The average molecular weight is 242 g/mol. The standard InChI is InChI=1S/C9H8BrNS/c10-6-1-2-8-7(5-6)9(3-4-9)12-11-8/h1-2,5,11H,3-4H2. The molecule has 3 rings (SSSR count). The number of benzene rings is 1. The molecular weight excluding hydrogens is 234 g/mol. The van der Waals surface area contributed by atoms with Crippen molar-refractivity contribution in [3.05, 3.63) is 28.2 Å². The van der Waals surface area contributed by atoms with Gasteiger partial charge in [-0.3, -0.25) is 0 Å². The van der Waals surface area contributed by atoms with Crippen molar-refractivity contribution < 1.29 is 0 Å². The van der Waals surface area contributed by atoms with Gasteiger partial charge in [0.1, 0.15) is 0 Å². The summed E-state index contributed by atoms with van der Waals surface area (Å²) < 4.78 is 5.01. The van der Waals surface area contributed by atoms with Crippen LogP contribution in [0.1, 0.15) is 18.4 Å². The van der Waals surface area contributed by atoms with Gasteiger partial charge in [-0.2, -0.15) is 0 Å². The van der Waals surface area contributed by atoms with Gasteiger partial charge in [-0.15, -0.1) is 0 Å². The second-order valence-electron chi connectivity index (χ2n) is 3.39. The number of hydrogen-bond donors (Lipinski definition) is 1. The highest BCUT2D eigenvalue weighted by Gasteiger charge is 2.50. The van der Waals surface area contributed by atoms with Gasteiger partial charge in [-0.25, -0.2) is 0 Å². The fraction of sp³-hybridized carbons (Fsp3) is 0.333. The van der Waals surface area contributed by atoms with Gasteiger partial charge < -0.3 is 4.72 Å². The van der Waals surface area contributed by atoms with Gasteiger partial charge in [0.2, 0.25) is 0 Å². The zero-order valence-corrected chi connectivity index (χ0v) is 8.83. The van der Waals surface area contributed by atoms with Crippen LogP contribution >= 0.6 is 27.9 Å². The molecule has 0 bridgehead atoms. The van der Waals surface area contributed by atoms with Crippen LogP contribution in [-0.4, -0.2) is 0 Å². The lowest BCUT2D eigenvalue weighted by molar-refractivity contribution is 1.06. The largest absolute Gasteiger partial charge is 0.329 e. The highest BCUT2D eigenvalue weighted by atomic mass is 79.9. The van der Waals surface area contributed by atoms with Crippen LogP contribution in [0.5, 0.6) is 0 Å². The molecule has 1 aliphatic heterocycles. The Balaban J connectivity index is 2.20. The molecule has 0 saturated heterocycles. The lowest BCUT2D eigenvalue weighted by Gasteiger charge is -2.03. The summed E-state index contributed by atoms with van der Waals surface area (Å²) in [5, 5.41) is 0. The monoisotopic (exact) mass is 241 g/mol. The first-order chi connectivity index (χ1) is 5.80. The Morgan fingerprint density at radius 3 is 3.00 bits per heavy atom. The van der Waals surface area contributed by atoms with Crippen LogP contribution in [0.15, 0.2) is 22.7 Å². The van der Waals surface area contributed by atoms with Gasteiger partial charge >= 0.3 is 0 Å². The first kappa shape index (κ1) is 7.27. The Kier molecular flexibility index (Phi) is 1.34. The van der Waals surface area contributed by atoms with Crippen molar-refractivity contribution in [1.82, 2.24) is 0 Å². The number of halogens is 1. The lowest BCUT2D eigenvalue weighted by Crippen LogP contribution is -1.93. The van der Waals surface area contributed by atoms with Gasteiger partial charge in [0.25, 0.3) is 0 Å². The van der Waals surface area contributed by atoms with Crippen LogP contribution < -0.4 is 4.72 Å². The maximum absolute atomic E-state index is 3.51. The molecule has 1 heterocycles. The third kappa shape index (κ3) is 0.866. The maximum atomic E-state index is 3.51. The van der Waals surface area contributed by atoms with E-state index in [1.54, 1.807) is 0 Å². The Morgan fingerprint density at radius 2 is 2.25 bits per heavy atom. The molecular formula is C9H8BrNS. The molecule has 0 aromatic heterocycles. The topological polar surface area (TPSA) is 12.0 Å². The van der Waals surface area contributed by atoms with Crippen LogP contribution in [0.4, 0.5) is 5.69 Å². The van der Waals surface area contributed by atoms with Crippen LogP contribution in [-0.2, 0) is 4.75 Å². The molecule has 0 unspecified atom stereocenters. The summed E-state index contributed by atoms with van der Waals surface area (Å²) >= 11 is 5.38. The summed E-state index contributed by atoms with van der Waals surface area (Å²) in [5.41, 5.74) is 2.79. The minimum atomic E-state index is 0.444. The molecule has 1 fully saturated rings. The van der Waals surface area contributed by atoms with Crippen molar-refractivity contribution in [2.24, 2.45) is 0 Å². The van der Waals surface area contributed by atoms with Crippen molar-refractivity contribution in [3.8, 4) is 0 Å². The second-order valence-corrected chi connectivity index (χ2v) is 5.49. The van der Waals surface area contributed by atoms with Crippen molar-refractivity contribution in [2.75, 3.05) is 4.72 Å². The Bertz CT molecular complexity index is 346. The number of rotatable bonds is 0. The predicted molar refractivity (Wildman–Crippen MR) is 56.3 cm³/mol. The predicted octanol–water partition coefficient (Wildman–Crippen LogP) is 3.51. The summed E-state index contributed by atoms with van der Waals surface area (Å²) in [6.45, 7) is 0. The Morgan fingerprint density at radius 1 is 1.42 bits per heavy atom. The zero-order chi connectivity index (χ0) is 8.18. The molecule has 1 aliphatic carbocycles. The number of fused-ring (bicyclic) bond motifs is 2. The molecule has 1 nitrogen and oxygen atoms in total. The molecule has 0 amide bonds. The zero-order valence-electron chi connectivity index (χ0n) is 6.43. The van der Waals surface area contributed by atoms with Crippen LogP contribution in [0.3, 0.4) is 0 Å². The molecule has 1 aromatic rings. The Hall–Kier alpha value is -0.150. The number of nitrogens with one attached hydrogen (secondary N) is 1. The minimum absolute atomic E-state index is 0.444. The number of anilines is 1. The first-order valence-electron chi connectivity index (χ1n) is 4.04. The van der Waals surface area contributed by atoms with Crippen molar-refractivity contribution in [2.45, 2.75) is 17.6 Å². The summed E-state index contributed by atoms with van der Waals surface area (Å²) in [7, 11) is 0. The molecule has 0 radical (unpaired) electrons. The van der Waals surface area contributed by atoms with E-state index in [9.17, 15) is 0 Å². The van der Waals surface area contributed by atoms with Gasteiger partial charge in [-0.05, 0) is 48.6 Å². The molecule has 1 saturated carbocycles. The summed E-state index contributed by atoms with van der Waals surface area (Å²) in [4.78, 5) is 0. The van der Waals surface area contributed by atoms with E-state index in [4.69, 9.17) is 0 Å². The second kappa shape index (κ2) is 2.20. The van der Waals surface area contributed by atoms with E-state index < -0.39 is 0 Å². The fourth-order valence-corrected chi connectivity index (χ4v) is 3.10. The SMILES string of the molecule is Brc1ccc2c(c1)C1(CC1)SN2. The summed E-state index contributed by atoms with van der Waals surface area (Å²) in [6.07, 6.45) is 2.66. The minimum Gasteiger partial charge on any atom is -0.329 e. The van der Waals surface area contributed by atoms with Crippen molar-refractivity contribution in [3.63, 3.8) is 0 Å². The van der Waals surface area contributed by atoms with E-state index in [1.165, 1.54) is 28.6 Å². The molecule has 0 atom stereocenters. The van der Waals surface area contributed by atoms with E-state index >= 15 is 0 Å². The van der Waals surface area contributed by atoms with Crippen LogP contribution in [0.2, 0.25) is 0 Å². The maximum Gasteiger partial charge on any atom is 0.0628 e.